The lowest BCUT2D eigenvalue weighted by Crippen LogP contribution is -2.43. The van der Waals surface area contributed by atoms with Gasteiger partial charge >= 0.3 is 0 Å². The molecule has 0 spiro atoms. The first-order chi connectivity index (χ1) is 9.06. The first-order valence-corrected chi connectivity index (χ1v) is 6.62. The van der Waals surface area contributed by atoms with Crippen LogP contribution in [0.3, 0.4) is 0 Å². The Morgan fingerprint density at radius 3 is 2.79 bits per heavy atom. The van der Waals surface area contributed by atoms with Crippen LogP contribution < -0.4 is 15.9 Å². The molecule has 0 bridgehead atoms. The zero-order valence-corrected chi connectivity index (χ0v) is 11.4. The number of halogens is 1. The van der Waals surface area contributed by atoms with Crippen LogP contribution in [0.4, 0.5) is 0 Å². The highest BCUT2D eigenvalue weighted by Crippen LogP contribution is 2.23. The van der Waals surface area contributed by atoms with E-state index >= 15 is 0 Å². The fourth-order valence-corrected chi connectivity index (χ4v) is 2.76. The number of nitrogens with one attached hydrogen (secondary N) is 1. The van der Waals surface area contributed by atoms with Crippen LogP contribution in [0.25, 0.3) is 5.57 Å². The van der Waals surface area contributed by atoms with Crippen LogP contribution in [0.5, 0.6) is 0 Å². The lowest BCUT2D eigenvalue weighted by atomic mass is 9.89. The van der Waals surface area contributed by atoms with Gasteiger partial charge in [0.2, 0.25) is 11.8 Å². The van der Waals surface area contributed by atoms with Gasteiger partial charge in [-0.05, 0) is 18.6 Å². The first kappa shape index (κ1) is 12.2. The van der Waals surface area contributed by atoms with E-state index in [-0.39, 0.29) is 18.2 Å². The highest BCUT2D eigenvalue weighted by molar-refractivity contribution is 9.10. The molecule has 6 heteroatoms. The summed E-state index contributed by atoms with van der Waals surface area (Å²) in [5.74, 6) is -1.68. The first-order valence-electron chi connectivity index (χ1n) is 5.83. The summed E-state index contributed by atoms with van der Waals surface area (Å²) in [6.45, 7) is 0. The number of amides is 3. The minimum atomic E-state index is -0.587. The van der Waals surface area contributed by atoms with Gasteiger partial charge in [0.15, 0.2) is 0 Å². The van der Waals surface area contributed by atoms with Crippen LogP contribution in [-0.4, -0.2) is 17.7 Å². The molecule has 1 aromatic carbocycles. The van der Waals surface area contributed by atoms with Crippen molar-refractivity contribution in [1.82, 2.24) is 5.32 Å². The molecule has 1 aromatic rings. The molecular weight excluding hydrogens is 312 g/mol. The number of nitrogens with zero attached hydrogens (tertiary/aromatic N) is 1. The summed E-state index contributed by atoms with van der Waals surface area (Å²) < 4.78 is 0.826. The third kappa shape index (κ3) is 2.02. The molecule has 1 N–H and O–H groups in total. The van der Waals surface area contributed by atoms with Crippen molar-refractivity contribution in [2.75, 3.05) is 0 Å². The molecule has 0 aromatic heterocycles. The number of piperidine rings is 1. The van der Waals surface area contributed by atoms with Gasteiger partial charge in [0.1, 0.15) is 0 Å². The minimum absolute atomic E-state index is 0.249. The highest BCUT2D eigenvalue weighted by atomic mass is 79.9. The lowest BCUT2D eigenvalue weighted by Gasteiger charge is -2.20. The molecule has 2 heterocycles. The largest absolute Gasteiger partial charge is 0.296 e. The maximum atomic E-state index is 12.0. The summed E-state index contributed by atoms with van der Waals surface area (Å²) in [6.07, 6.45) is 0.607. The van der Waals surface area contributed by atoms with E-state index in [1.807, 2.05) is 0 Å². The molecule has 1 saturated heterocycles. The second-order valence-electron chi connectivity index (χ2n) is 4.50. The molecule has 19 heavy (non-hydrogen) atoms. The molecule has 0 radical (unpaired) electrons. The Balaban J connectivity index is 2.15. The van der Waals surface area contributed by atoms with Crippen LogP contribution in [0.2, 0.25) is 0 Å². The maximum Gasteiger partial charge on any atom is 0.274 e. The molecular formula is C13H9BrN2O3. The van der Waals surface area contributed by atoms with Gasteiger partial charge in [0.05, 0.1) is 11.3 Å². The predicted molar refractivity (Wildman–Crippen MR) is 69.2 cm³/mol. The molecule has 1 atom stereocenters. The molecule has 2 aliphatic rings. The van der Waals surface area contributed by atoms with E-state index in [4.69, 9.17) is 0 Å². The maximum absolute atomic E-state index is 12.0. The average Bonchev–Trinajstić information content (AvgIpc) is 2.65. The van der Waals surface area contributed by atoms with Crippen LogP contribution in [0.1, 0.15) is 12.8 Å². The molecule has 1 fully saturated rings. The molecule has 1 unspecified atom stereocenters. The predicted octanol–water partition coefficient (Wildman–Crippen LogP) is -0.188. The van der Waals surface area contributed by atoms with Gasteiger partial charge < -0.3 is 0 Å². The Morgan fingerprint density at radius 2 is 2.05 bits per heavy atom. The van der Waals surface area contributed by atoms with E-state index < -0.39 is 11.8 Å². The van der Waals surface area contributed by atoms with Crippen molar-refractivity contribution in [3.63, 3.8) is 0 Å². The van der Waals surface area contributed by atoms with Crippen molar-refractivity contribution < 1.29 is 14.4 Å². The normalized spacial score (nSPS) is 22.1. The smallest absolute Gasteiger partial charge is 0.274 e. The molecule has 0 saturated carbocycles. The molecule has 0 aliphatic carbocycles. The zero-order chi connectivity index (χ0) is 13.6. The van der Waals surface area contributed by atoms with Crippen molar-refractivity contribution in [2.24, 2.45) is 10.9 Å². The van der Waals surface area contributed by atoms with E-state index in [1.54, 1.807) is 18.2 Å². The summed E-state index contributed by atoms with van der Waals surface area (Å²) in [5.41, 5.74) is 0.396. The number of hydrogen-bond acceptors (Lipinski definition) is 3. The summed E-state index contributed by atoms with van der Waals surface area (Å²) >= 11 is 3.32. The van der Waals surface area contributed by atoms with Crippen molar-refractivity contribution in [3.05, 3.63) is 33.2 Å². The van der Waals surface area contributed by atoms with Gasteiger partial charge in [-0.15, -0.1) is 0 Å². The second kappa shape index (κ2) is 4.38. The van der Waals surface area contributed by atoms with Gasteiger partial charge in [-0.1, -0.05) is 22.0 Å². The van der Waals surface area contributed by atoms with E-state index in [2.05, 4.69) is 26.2 Å². The summed E-state index contributed by atoms with van der Waals surface area (Å²) in [4.78, 5) is 38.9. The Morgan fingerprint density at radius 1 is 1.26 bits per heavy atom. The third-order valence-corrected chi connectivity index (χ3v) is 3.78. The number of rotatable bonds is 1. The number of hydrogen-bond donors (Lipinski definition) is 1. The lowest BCUT2D eigenvalue weighted by molar-refractivity contribution is -0.135. The number of fused-ring (bicyclic) bond motifs is 1. The quantitative estimate of drug-likeness (QED) is 0.729. The van der Waals surface area contributed by atoms with Gasteiger partial charge in [0.25, 0.3) is 5.91 Å². The molecule has 96 valence electrons. The van der Waals surface area contributed by atoms with E-state index in [0.29, 0.717) is 22.6 Å². The van der Waals surface area contributed by atoms with Gasteiger partial charge in [-0.25, -0.2) is 4.99 Å². The Kier molecular flexibility index (Phi) is 2.82. The summed E-state index contributed by atoms with van der Waals surface area (Å²) in [7, 11) is 0. The van der Waals surface area contributed by atoms with Crippen LogP contribution in [0, 0.1) is 5.92 Å². The Hall–Kier alpha value is -1.82. The molecule has 5 nitrogen and oxygen atoms in total. The van der Waals surface area contributed by atoms with Gasteiger partial charge in [0, 0.05) is 21.7 Å². The van der Waals surface area contributed by atoms with Gasteiger partial charge in [-0.2, -0.15) is 0 Å². The van der Waals surface area contributed by atoms with Crippen LogP contribution >= 0.6 is 15.9 Å². The van der Waals surface area contributed by atoms with Crippen molar-refractivity contribution in [3.8, 4) is 0 Å². The molecule has 3 rings (SSSR count). The Bertz CT molecular complexity index is 739. The Labute approximate surface area is 116 Å². The third-order valence-electron chi connectivity index (χ3n) is 3.29. The van der Waals surface area contributed by atoms with Crippen LogP contribution in [0.15, 0.2) is 27.7 Å². The summed E-state index contributed by atoms with van der Waals surface area (Å²) in [5, 5.41) is 3.52. The van der Waals surface area contributed by atoms with Crippen molar-refractivity contribution >= 4 is 39.2 Å². The highest BCUT2D eigenvalue weighted by Gasteiger charge is 2.34. The molecule has 2 aliphatic heterocycles. The number of carbonyl (C=O) groups excluding carboxylic acids is 3. The minimum Gasteiger partial charge on any atom is -0.296 e. The fourth-order valence-electron chi connectivity index (χ4n) is 2.42. The van der Waals surface area contributed by atoms with E-state index in [9.17, 15) is 14.4 Å². The van der Waals surface area contributed by atoms with Gasteiger partial charge in [-0.3, -0.25) is 19.7 Å². The standard InChI is InChI=1S/C13H9BrN2O3/c14-6-1-2-7-9(5-6)15-13(19)11(7)8-3-4-10(17)16-12(8)18/h1-2,5,8H,3-4H2,(H,16,17,18). The average molecular weight is 321 g/mol. The van der Waals surface area contributed by atoms with Crippen molar-refractivity contribution in [1.29, 1.82) is 0 Å². The number of benzene rings is 1. The number of imide groups is 1. The monoisotopic (exact) mass is 320 g/mol. The second-order valence-corrected chi connectivity index (χ2v) is 5.41. The topological polar surface area (TPSA) is 75.6 Å². The van der Waals surface area contributed by atoms with Crippen molar-refractivity contribution in [2.45, 2.75) is 12.8 Å². The SMILES string of the molecule is O=C1CCC(C2=c3ccc(Br)cc3=NC2=O)C(=O)N1. The zero-order valence-electron chi connectivity index (χ0n) is 9.77. The molecule has 3 amide bonds. The van der Waals surface area contributed by atoms with E-state index in [1.165, 1.54) is 0 Å². The number of carbonyl (C=O) groups is 3. The van der Waals surface area contributed by atoms with Crippen LogP contribution in [-0.2, 0) is 14.4 Å². The summed E-state index contributed by atoms with van der Waals surface area (Å²) in [6, 6.07) is 5.32. The van der Waals surface area contributed by atoms with E-state index in [0.717, 1.165) is 4.47 Å². The fraction of sp³-hybridized carbons (Fsp3) is 0.231.